The van der Waals surface area contributed by atoms with Gasteiger partial charge in [0.15, 0.2) is 0 Å². The first-order chi connectivity index (χ1) is 9.04. The number of hydrogen-bond acceptors (Lipinski definition) is 6. The fraction of sp³-hybridized carbons (Fsp3) is 0.417. The van der Waals surface area contributed by atoms with Crippen LogP contribution < -0.4 is 5.32 Å². The summed E-state index contributed by atoms with van der Waals surface area (Å²) in [6.07, 6.45) is 0.540. The van der Waals surface area contributed by atoms with Crippen molar-refractivity contribution >= 4 is 11.4 Å². The molecule has 0 amide bonds. The Morgan fingerprint density at radius 3 is 3.00 bits per heavy atom. The van der Waals surface area contributed by atoms with E-state index in [0.29, 0.717) is 18.7 Å². The summed E-state index contributed by atoms with van der Waals surface area (Å²) in [4.78, 5) is 10.1. The van der Waals surface area contributed by atoms with Crippen LogP contribution in [0.3, 0.4) is 0 Å². The Morgan fingerprint density at radius 1 is 1.63 bits per heavy atom. The van der Waals surface area contributed by atoms with Crippen molar-refractivity contribution in [2.75, 3.05) is 25.1 Å². The third-order valence-electron chi connectivity index (χ3n) is 3.02. The van der Waals surface area contributed by atoms with Crippen LogP contribution in [0.2, 0.25) is 0 Å². The minimum Gasteiger partial charge on any atom is -0.386 e. The largest absolute Gasteiger partial charge is 0.386 e. The van der Waals surface area contributed by atoms with E-state index >= 15 is 0 Å². The molecule has 1 aliphatic rings. The number of nitro benzene ring substituents is 1. The molecule has 1 aromatic rings. The molecule has 1 heterocycles. The fourth-order valence-corrected chi connectivity index (χ4v) is 1.90. The van der Waals surface area contributed by atoms with Crippen LogP contribution in [0.4, 0.5) is 11.4 Å². The van der Waals surface area contributed by atoms with Crippen LogP contribution in [-0.4, -0.2) is 35.4 Å². The molecule has 100 valence electrons. The van der Waals surface area contributed by atoms with Crippen LogP contribution in [0, 0.1) is 21.4 Å². The van der Waals surface area contributed by atoms with Gasteiger partial charge in [-0.3, -0.25) is 10.1 Å². The van der Waals surface area contributed by atoms with Gasteiger partial charge in [-0.05, 0) is 12.1 Å². The number of nitro groups is 1. The molecule has 0 spiro atoms. The van der Waals surface area contributed by atoms with E-state index in [2.05, 4.69) is 5.32 Å². The maximum Gasteiger partial charge on any atom is 0.287 e. The van der Waals surface area contributed by atoms with Gasteiger partial charge < -0.3 is 15.2 Å². The summed E-state index contributed by atoms with van der Waals surface area (Å²) < 4.78 is 5.11. The van der Waals surface area contributed by atoms with Crippen LogP contribution in [-0.2, 0) is 4.74 Å². The highest BCUT2D eigenvalue weighted by molar-refractivity contribution is 5.58. The Bertz CT molecular complexity index is 532. The minimum atomic E-state index is -0.922. The second kappa shape index (κ2) is 5.22. The molecule has 0 aromatic heterocycles. The molecular weight excluding hydrogens is 250 g/mol. The molecule has 2 rings (SSSR count). The average Bonchev–Trinajstić information content (AvgIpc) is 2.83. The molecular formula is C12H13N3O4. The number of anilines is 1. The van der Waals surface area contributed by atoms with Crippen molar-refractivity contribution in [2.24, 2.45) is 0 Å². The highest BCUT2D eigenvalue weighted by Gasteiger charge is 2.31. The summed E-state index contributed by atoms with van der Waals surface area (Å²) in [5.74, 6) is 0. The van der Waals surface area contributed by atoms with Crippen molar-refractivity contribution in [1.29, 1.82) is 5.26 Å². The van der Waals surface area contributed by atoms with Gasteiger partial charge in [-0.2, -0.15) is 5.26 Å². The summed E-state index contributed by atoms with van der Waals surface area (Å²) >= 11 is 0. The monoisotopic (exact) mass is 263 g/mol. The van der Waals surface area contributed by atoms with Crippen LogP contribution in [0.5, 0.6) is 0 Å². The highest BCUT2D eigenvalue weighted by atomic mass is 16.6. The lowest BCUT2D eigenvalue weighted by Crippen LogP contribution is -2.37. The van der Waals surface area contributed by atoms with Gasteiger partial charge in [-0.15, -0.1) is 0 Å². The maximum absolute atomic E-state index is 10.7. The average molecular weight is 263 g/mol. The van der Waals surface area contributed by atoms with E-state index in [1.165, 1.54) is 18.2 Å². The minimum absolute atomic E-state index is 0.00957. The number of aliphatic hydroxyl groups is 1. The van der Waals surface area contributed by atoms with E-state index in [-0.39, 0.29) is 24.4 Å². The molecule has 1 saturated heterocycles. The van der Waals surface area contributed by atoms with Gasteiger partial charge in [0.05, 0.1) is 11.5 Å². The molecule has 0 saturated carbocycles. The lowest BCUT2D eigenvalue weighted by atomic mass is 10.0. The molecule has 1 fully saturated rings. The number of hydrogen-bond donors (Lipinski definition) is 2. The van der Waals surface area contributed by atoms with Gasteiger partial charge >= 0.3 is 0 Å². The van der Waals surface area contributed by atoms with Crippen molar-refractivity contribution in [3.63, 3.8) is 0 Å². The first-order valence-electron chi connectivity index (χ1n) is 5.77. The molecule has 1 atom stereocenters. The number of nitrogens with one attached hydrogen (secondary N) is 1. The molecule has 1 aliphatic heterocycles. The third-order valence-corrected chi connectivity index (χ3v) is 3.02. The lowest BCUT2D eigenvalue weighted by Gasteiger charge is -2.21. The van der Waals surface area contributed by atoms with Gasteiger partial charge in [0.2, 0.25) is 0 Å². The van der Waals surface area contributed by atoms with Gasteiger partial charge in [0.25, 0.3) is 5.69 Å². The molecule has 0 bridgehead atoms. The van der Waals surface area contributed by atoms with Crippen LogP contribution in [0.15, 0.2) is 18.2 Å². The predicted octanol–water partition coefficient (Wildman–Crippen LogP) is 1.03. The maximum atomic E-state index is 10.7. The molecule has 7 heteroatoms. The summed E-state index contributed by atoms with van der Waals surface area (Å²) in [6.45, 7) is 1.05. The Labute approximate surface area is 109 Å². The van der Waals surface area contributed by atoms with E-state index in [9.17, 15) is 15.2 Å². The molecule has 0 unspecified atom stereocenters. The molecule has 2 N–H and O–H groups in total. The standard InChI is InChI=1S/C12H13N3O4/c13-6-9-5-10(1-2-11(9)15(17)18)14-7-12(16)3-4-19-8-12/h1-2,5,14,16H,3-4,7-8H2/t12-/m0/s1. The van der Waals surface area contributed by atoms with Crippen molar-refractivity contribution in [2.45, 2.75) is 12.0 Å². The summed E-state index contributed by atoms with van der Waals surface area (Å²) in [7, 11) is 0. The van der Waals surface area contributed by atoms with Gasteiger partial charge in [-0.1, -0.05) is 0 Å². The van der Waals surface area contributed by atoms with Crippen molar-refractivity contribution < 1.29 is 14.8 Å². The molecule has 7 nitrogen and oxygen atoms in total. The SMILES string of the molecule is N#Cc1cc(NC[C@@]2(O)CCOC2)ccc1[N+](=O)[O-]. The Kier molecular flexibility index (Phi) is 3.64. The number of nitriles is 1. The van der Waals surface area contributed by atoms with Gasteiger partial charge in [-0.25, -0.2) is 0 Å². The summed E-state index contributed by atoms with van der Waals surface area (Å²) in [6, 6.07) is 5.97. The predicted molar refractivity (Wildman–Crippen MR) is 66.7 cm³/mol. The first kappa shape index (κ1) is 13.3. The fourth-order valence-electron chi connectivity index (χ4n) is 1.90. The van der Waals surface area contributed by atoms with Gasteiger partial charge in [0, 0.05) is 31.3 Å². The van der Waals surface area contributed by atoms with E-state index in [0.717, 1.165) is 0 Å². The number of nitrogens with zero attached hydrogens (tertiary/aromatic N) is 2. The second-order valence-electron chi connectivity index (χ2n) is 4.48. The third kappa shape index (κ3) is 2.99. The lowest BCUT2D eigenvalue weighted by molar-refractivity contribution is -0.385. The Balaban J connectivity index is 2.09. The van der Waals surface area contributed by atoms with E-state index in [1.807, 2.05) is 0 Å². The van der Waals surface area contributed by atoms with Crippen LogP contribution >= 0.6 is 0 Å². The normalized spacial score (nSPS) is 21.9. The second-order valence-corrected chi connectivity index (χ2v) is 4.48. The zero-order valence-corrected chi connectivity index (χ0v) is 10.1. The van der Waals surface area contributed by atoms with Crippen molar-refractivity contribution in [1.82, 2.24) is 0 Å². The van der Waals surface area contributed by atoms with Crippen LogP contribution in [0.1, 0.15) is 12.0 Å². The zero-order chi connectivity index (χ0) is 13.9. The molecule has 19 heavy (non-hydrogen) atoms. The van der Waals surface area contributed by atoms with Crippen molar-refractivity contribution in [3.8, 4) is 6.07 Å². The molecule has 1 aromatic carbocycles. The van der Waals surface area contributed by atoms with Crippen LogP contribution in [0.25, 0.3) is 0 Å². The number of rotatable bonds is 4. The smallest absolute Gasteiger partial charge is 0.287 e. The molecule has 0 aliphatic carbocycles. The topological polar surface area (TPSA) is 108 Å². The van der Waals surface area contributed by atoms with E-state index < -0.39 is 10.5 Å². The van der Waals surface area contributed by atoms with Crippen molar-refractivity contribution in [3.05, 3.63) is 33.9 Å². The number of benzene rings is 1. The van der Waals surface area contributed by atoms with Gasteiger partial charge in [0.1, 0.15) is 17.2 Å². The summed E-state index contributed by atoms with van der Waals surface area (Å²) in [5.41, 5.74) is -0.600. The Morgan fingerprint density at radius 2 is 2.42 bits per heavy atom. The zero-order valence-electron chi connectivity index (χ0n) is 10.1. The molecule has 0 radical (unpaired) electrons. The number of ether oxygens (including phenoxy) is 1. The van der Waals surface area contributed by atoms with E-state index in [4.69, 9.17) is 10.00 Å². The summed E-state index contributed by atoms with van der Waals surface area (Å²) in [5, 5.41) is 32.6. The van der Waals surface area contributed by atoms with E-state index in [1.54, 1.807) is 6.07 Å². The Hall–Kier alpha value is -2.17. The highest BCUT2D eigenvalue weighted by Crippen LogP contribution is 2.23. The quantitative estimate of drug-likeness (QED) is 0.620. The first-order valence-corrected chi connectivity index (χ1v) is 5.77.